The second-order valence-electron chi connectivity index (χ2n) is 7.82. The van der Waals surface area contributed by atoms with Gasteiger partial charge in [0.2, 0.25) is 0 Å². The smallest absolute Gasteiger partial charge is 0.412 e. The fourth-order valence-corrected chi connectivity index (χ4v) is 2.76. The number of aliphatic hydroxyl groups excluding tert-OH is 1. The number of allylic oxidation sites excluding steroid dienone is 1. The molecule has 3 aromatic rings. The fraction of sp³-hybridized carbons (Fsp3) is 0.217. The maximum atomic E-state index is 12.4. The maximum Gasteiger partial charge on any atom is 0.412 e. The largest absolute Gasteiger partial charge is 0.507 e. The van der Waals surface area contributed by atoms with Crippen molar-refractivity contribution in [3.8, 4) is 6.07 Å². The van der Waals surface area contributed by atoms with Gasteiger partial charge in [0.05, 0.1) is 16.6 Å². The summed E-state index contributed by atoms with van der Waals surface area (Å²) in [6.45, 7) is 4.69. The molecule has 164 valence electrons. The highest BCUT2D eigenvalue weighted by atomic mass is 16.6. The standard InChI is InChI=1S/C23H22N4O5/c1-23(2,3)32-22(30)25-15-8-6-7-14(11-15)21(29)31-13-19(28)16(12-24)20-26-17-9-4-5-10-18(17)27-20/h4-11,28H,13H2,1-3H3,(H,25,30)(H,26,27). The van der Waals surface area contributed by atoms with Crippen LogP contribution in [0, 0.1) is 11.3 Å². The van der Waals surface area contributed by atoms with E-state index in [1.54, 1.807) is 51.1 Å². The number of ether oxygens (including phenoxy) is 2. The normalized spacial score (nSPS) is 11.9. The second-order valence-corrected chi connectivity index (χ2v) is 7.82. The fourth-order valence-electron chi connectivity index (χ4n) is 2.76. The molecule has 0 saturated carbocycles. The summed E-state index contributed by atoms with van der Waals surface area (Å²) < 4.78 is 10.3. The van der Waals surface area contributed by atoms with Gasteiger partial charge >= 0.3 is 12.1 Å². The Kier molecular flexibility index (Phi) is 6.45. The third kappa shape index (κ3) is 5.64. The van der Waals surface area contributed by atoms with Gasteiger partial charge in [-0.2, -0.15) is 5.26 Å². The third-order valence-electron chi connectivity index (χ3n) is 4.11. The first-order valence-corrected chi connectivity index (χ1v) is 9.71. The van der Waals surface area contributed by atoms with E-state index in [4.69, 9.17) is 9.47 Å². The van der Waals surface area contributed by atoms with Crippen LogP contribution < -0.4 is 5.32 Å². The number of hydrogen-bond acceptors (Lipinski definition) is 7. The number of rotatable bonds is 5. The first-order valence-electron chi connectivity index (χ1n) is 9.71. The van der Waals surface area contributed by atoms with Gasteiger partial charge in [-0.05, 0) is 51.1 Å². The molecular formula is C23H22N4O5. The number of carbonyl (C=O) groups excluding carboxylic acids is 2. The molecule has 0 radical (unpaired) electrons. The van der Waals surface area contributed by atoms with Crippen LogP contribution in [0.5, 0.6) is 0 Å². The van der Waals surface area contributed by atoms with Crippen molar-refractivity contribution in [3.63, 3.8) is 0 Å². The molecule has 1 aromatic heterocycles. The van der Waals surface area contributed by atoms with E-state index in [1.165, 1.54) is 12.1 Å². The molecule has 32 heavy (non-hydrogen) atoms. The number of nitrogens with one attached hydrogen (secondary N) is 2. The van der Waals surface area contributed by atoms with Crippen LogP contribution in [0.4, 0.5) is 10.5 Å². The van der Waals surface area contributed by atoms with Crippen molar-refractivity contribution in [3.05, 3.63) is 65.7 Å². The summed E-state index contributed by atoms with van der Waals surface area (Å²) in [6.07, 6.45) is -0.659. The number of benzene rings is 2. The molecule has 0 atom stereocenters. The molecule has 0 aliphatic carbocycles. The van der Waals surface area contributed by atoms with Crippen molar-refractivity contribution >= 4 is 34.4 Å². The van der Waals surface area contributed by atoms with Crippen LogP contribution in [0.25, 0.3) is 16.6 Å². The molecule has 3 N–H and O–H groups in total. The first kappa shape index (κ1) is 22.4. The van der Waals surface area contributed by atoms with Crippen LogP contribution in [0.15, 0.2) is 54.3 Å². The number of hydrogen-bond donors (Lipinski definition) is 3. The summed E-state index contributed by atoms with van der Waals surface area (Å²) in [5, 5.41) is 22.3. The Balaban J connectivity index is 1.69. The van der Waals surface area contributed by atoms with Crippen LogP contribution in [0.1, 0.15) is 37.0 Å². The van der Waals surface area contributed by atoms with Gasteiger partial charge in [-0.15, -0.1) is 0 Å². The quantitative estimate of drug-likeness (QED) is 0.304. The number of aromatic amines is 1. The van der Waals surface area contributed by atoms with E-state index < -0.39 is 30.0 Å². The predicted molar refractivity (Wildman–Crippen MR) is 118 cm³/mol. The molecule has 0 saturated heterocycles. The SMILES string of the molecule is CC(C)(C)OC(=O)Nc1cccc(C(=O)OCC(O)=C(C#N)c2nc3ccccc3[nH]2)c1. The lowest BCUT2D eigenvalue weighted by molar-refractivity contribution is 0.0501. The van der Waals surface area contributed by atoms with Crippen LogP contribution in [0.2, 0.25) is 0 Å². The number of aliphatic hydroxyl groups is 1. The summed E-state index contributed by atoms with van der Waals surface area (Å²) in [5.74, 6) is -1.01. The molecule has 1 amide bonds. The number of imidazole rings is 1. The van der Waals surface area contributed by atoms with E-state index in [2.05, 4.69) is 15.3 Å². The van der Waals surface area contributed by atoms with Gasteiger partial charge in [-0.1, -0.05) is 18.2 Å². The monoisotopic (exact) mass is 434 g/mol. The highest BCUT2D eigenvalue weighted by molar-refractivity contribution is 5.93. The van der Waals surface area contributed by atoms with Crippen LogP contribution in [0.3, 0.4) is 0 Å². The lowest BCUT2D eigenvalue weighted by atomic mass is 10.2. The second kappa shape index (κ2) is 9.22. The Morgan fingerprint density at radius 2 is 1.94 bits per heavy atom. The molecule has 9 nitrogen and oxygen atoms in total. The Morgan fingerprint density at radius 3 is 2.62 bits per heavy atom. The van der Waals surface area contributed by atoms with Gasteiger partial charge in [-0.3, -0.25) is 5.32 Å². The van der Waals surface area contributed by atoms with E-state index in [0.29, 0.717) is 16.7 Å². The van der Waals surface area contributed by atoms with Crippen LogP contribution in [-0.2, 0) is 9.47 Å². The number of carbonyl (C=O) groups is 2. The summed E-state index contributed by atoms with van der Waals surface area (Å²) in [4.78, 5) is 31.5. The van der Waals surface area contributed by atoms with Gasteiger partial charge in [0.15, 0.2) is 11.6 Å². The van der Waals surface area contributed by atoms with Crippen molar-refractivity contribution < 1.29 is 24.2 Å². The van der Waals surface area contributed by atoms with Gasteiger partial charge in [0, 0.05) is 5.69 Å². The number of H-pyrrole nitrogens is 1. The number of para-hydroxylation sites is 2. The van der Waals surface area contributed by atoms with Gasteiger partial charge in [0.1, 0.15) is 23.9 Å². The summed E-state index contributed by atoms with van der Waals surface area (Å²) in [6, 6.07) is 15.1. The Bertz CT molecular complexity index is 1200. The topological polar surface area (TPSA) is 137 Å². The number of esters is 1. The molecule has 0 spiro atoms. The van der Waals surface area contributed by atoms with E-state index in [9.17, 15) is 20.0 Å². The summed E-state index contributed by atoms with van der Waals surface area (Å²) in [5.41, 5.74) is 1.03. The average Bonchev–Trinajstić information content (AvgIpc) is 3.15. The summed E-state index contributed by atoms with van der Waals surface area (Å²) >= 11 is 0. The molecule has 9 heteroatoms. The molecule has 0 fully saturated rings. The lowest BCUT2D eigenvalue weighted by Gasteiger charge is -2.19. The van der Waals surface area contributed by atoms with E-state index in [1.807, 2.05) is 12.1 Å². The first-order chi connectivity index (χ1) is 15.2. The van der Waals surface area contributed by atoms with Gasteiger partial charge in [0.25, 0.3) is 0 Å². The van der Waals surface area contributed by atoms with Gasteiger partial charge < -0.3 is 19.6 Å². The molecule has 0 bridgehead atoms. The van der Waals surface area contributed by atoms with Crippen molar-refractivity contribution in [2.75, 3.05) is 11.9 Å². The van der Waals surface area contributed by atoms with E-state index >= 15 is 0 Å². The number of nitrogens with zero attached hydrogens (tertiary/aromatic N) is 2. The molecule has 3 rings (SSSR count). The minimum atomic E-state index is -0.744. The Hall–Kier alpha value is -4.32. The maximum absolute atomic E-state index is 12.4. The molecule has 0 aliphatic heterocycles. The van der Waals surface area contributed by atoms with E-state index in [0.717, 1.165) is 0 Å². The molecular weight excluding hydrogens is 412 g/mol. The van der Waals surface area contributed by atoms with Crippen molar-refractivity contribution in [2.45, 2.75) is 26.4 Å². The zero-order valence-corrected chi connectivity index (χ0v) is 17.8. The number of fused-ring (bicyclic) bond motifs is 1. The number of nitriles is 1. The lowest BCUT2D eigenvalue weighted by Crippen LogP contribution is -2.27. The highest BCUT2D eigenvalue weighted by Crippen LogP contribution is 2.19. The van der Waals surface area contributed by atoms with Gasteiger partial charge in [-0.25, -0.2) is 14.6 Å². The number of amides is 1. The molecule has 2 aromatic carbocycles. The Morgan fingerprint density at radius 1 is 1.19 bits per heavy atom. The zero-order valence-electron chi connectivity index (χ0n) is 17.8. The minimum absolute atomic E-state index is 0.130. The molecule has 1 heterocycles. The van der Waals surface area contributed by atoms with Crippen molar-refractivity contribution in [1.29, 1.82) is 5.26 Å². The van der Waals surface area contributed by atoms with E-state index in [-0.39, 0.29) is 17.0 Å². The van der Waals surface area contributed by atoms with Crippen LogP contribution >= 0.6 is 0 Å². The van der Waals surface area contributed by atoms with Crippen molar-refractivity contribution in [1.82, 2.24) is 9.97 Å². The minimum Gasteiger partial charge on any atom is -0.507 e. The highest BCUT2D eigenvalue weighted by Gasteiger charge is 2.18. The predicted octanol–water partition coefficient (Wildman–Crippen LogP) is 4.56. The molecule has 0 unspecified atom stereocenters. The number of anilines is 1. The van der Waals surface area contributed by atoms with Crippen LogP contribution in [-0.4, -0.2) is 39.3 Å². The third-order valence-corrected chi connectivity index (χ3v) is 4.11. The zero-order chi connectivity index (χ0) is 23.3. The number of aromatic nitrogens is 2. The average molecular weight is 434 g/mol. The molecule has 0 aliphatic rings. The summed E-state index contributed by atoms with van der Waals surface area (Å²) in [7, 11) is 0. The van der Waals surface area contributed by atoms with Crippen molar-refractivity contribution in [2.24, 2.45) is 0 Å². The Labute approximate surface area is 184 Å².